The minimum absolute atomic E-state index is 0.0734. The van der Waals surface area contributed by atoms with E-state index >= 15 is 0 Å². The maximum absolute atomic E-state index is 11.5. The van der Waals surface area contributed by atoms with Crippen molar-refractivity contribution in [3.63, 3.8) is 0 Å². The van der Waals surface area contributed by atoms with Crippen molar-refractivity contribution in [3.8, 4) is 5.75 Å². The molecule has 0 saturated carbocycles. The summed E-state index contributed by atoms with van der Waals surface area (Å²) in [7, 11) is 0. The van der Waals surface area contributed by atoms with Crippen molar-refractivity contribution < 1.29 is 19.4 Å². The fraction of sp³-hybridized carbons (Fsp3) is 0.385. The fourth-order valence-electron chi connectivity index (χ4n) is 1.34. The quantitative estimate of drug-likeness (QED) is 0.644. The molecule has 0 saturated heterocycles. The molecule has 4 nitrogen and oxygen atoms in total. The first-order chi connectivity index (χ1) is 7.81. The second-order valence-corrected chi connectivity index (χ2v) is 4.77. The maximum atomic E-state index is 11.5. The van der Waals surface area contributed by atoms with Crippen LogP contribution >= 0.6 is 0 Å². The third-order valence-electron chi connectivity index (χ3n) is 1.99. The van der Waals surface area contributed by atoms with Crippen LogP contribution in [0.2, 0.25) is 0 Å². The first kappa shape index (κ1) is 13.2. The molecule has 1 aromatic rings. The standard InChI is InChI=1S/C13H16O4/c1-13(2,3)17-12(16)7-9-4-5-10(8-14)11(15)6-9/h4-6,8,15H,7H2,1-3H3. The molecule has 4 heteroatoms. The molecule has 1 rings (SSSR count). The Bertz CT molecular complexity index is 430. The fourth-order valence-corrected chi connectivity index (χ4v) is 1.34. The maximum Gasteiger partial charge on any atom is 0.310 e. The number of esters is 1. The van der Waals surface area contributed by atoms with E-state index in [1.807, 2.05) is 0 Å². The monoisotopic (exact) mass is 236 g/mol. The molecule has 0 aromatic heterocycles. The Morgan fingerprint density at radius 3 is 2.53 bits per heavy atom. The van der Waals surface area contributed by atoms with Crippen LogP contribution in [0.5, 0.6) is 5.75 Å². The lowest BCUT2D eigenvalue weighted by atomic mass is 10.1. The molecule has 0 aliphatic heterocycles. The summed E-state index contributed by atoms with van der Waals surface area (Å²) in [4.78, 5) is 22.0. The van der Waals surface area contributed by atoms with Gasteiger partial charge in [-0.15, -0.1) is 0 Å². The average molecular weight is 236 g/mol. The SMILES string of the molecule is CC(C)(C)OC(=O)Cc1ccc(C=O)c(O)c1. The van der Waals surface area contributed by atoms with Gasteiger partial charge in [0.2, 0.25) is 0 Å². The van der Waals surface area contributed by atoms with Crippen LogP contribution in [0.4, 0.5) is 0 Å². The molecule has 0 bridgehead atoms. The second-order valence-electron chi connectivity index (χ2n) is 4.77. The first-order valence-corrected chi connectivity index (χ1v) is 5.31. The van der Waals surface area contributed by atoms with E-state index in [0.717, 1.165) is 0 Å². The molecule has 0 heterocycles. The Kier molecular flexibility index (Phi) is 3.89. The van der Waals surface area contributed by atoms with Crippen LogP contribution in [0, 0.1) is 0 Å². The number of ether oxygens (including phenoxy) is 1. The van der Waals surface area contributed by atoms with Crippen LogP contribution < -0.4 is 0 Å². The van der Waals surface area contributed by atoms with Gasteiger partial charge in [0.05, 0.1) is 12.0 Å². The van der Waals surface area contributed by atoms with Crippen molar-refractivity contribution in [2.24, 2.45) is 0 Å². The van der Waals surface area contributed by atoms with E-state index in [1.54, 1.807) is 26.8 Å². The van der Waals surface area contributed by atoms with Gasteiger partial charge in [0.1, 0.15) is 11.4 Å². The van der Waals surface area contributed by atoms with Crippen molar-refractivity contribution in [1.29, 1.82) is 0 Å². The Morgan fingerprint density at radius 1 is 1.41 bits per heavy atom. The molecule has 0 unspecified atom stereocenters. The largest absolute Gasteiger partial charge is 0.507 e. The van der Waals surface area contributed by atoms with E-state index < -0.39 is 5.60 Å². The van der Waals surface area contributed by atoms with E-state index in [-0.39, 0.29) is 23.7 Å². The van der Waals surface area contributed by atoms with E-state index in [9.17, 15) is 14.7 Å². The van der Waals surface area contributed by atoms with Crippen LogP contribution in [0.1, 0.15) is 36.7 Å². The lowest BCUT2D eigenvalue weighted by molar-refractivity contribution is -0.153. The van der Waals surface area contributed by atoms with Crippen LogP contribution in [-0.4, -0.2) is 23.0 Å². The summed E-state index contributed by atoms with van der Waals surface area (Å²) in [6.07, 6.45) is 0.635. The number of phenols is 1. The molecule has 0 spiro atoms. The van der Waals surface area contributed by atoms with Crippen molar-refractivity contribution >= 4 is 12.3 Å². The van der Waals surface area contributed by atoms with Gasteiger partial charge in [-0.05, 0) is 38.5 Å². The van der Waals surface area contributed by atoms with E-state index in [1.165, 1.54) is 12.1 Å². The number of rotatable bonds is 3. The van der Waals surface area contributed by atoms with Crippen molar-refractivity contribution in [1.82, 2.24) is 0 Å². The van der Waals surface area contributed by atoms with E-state index in [0.29, 0.717) is 11.8 Å². The second kappa shape index (κ2) is 4.99. The van der Waals surface area contributed by atoms with Crippen LogP contribution in [0.15, 0.2) is 18.2 Å². The average Bonchev–Trinajstić information content (AvgIpc) is 2.14. The summed E-state index contributed by atoms with van der Waals surface area (Å²) >= 11 is 0. The van der Waals surface area contributed by atoms with E-state index in [4.69, 9.17) is 4.74 Å². The normalized spacial score (nSPS) is 11.0. The van der Waals surface area contributed by atoms with Crippen molar-refractivity contribution in [3.05, 3.63) is 29.3 Å². The molecule has 0 atom stereocenters. The highest BCUT2D eigenvalue weighted by Crippen LogP contribution is 2.18. The number of benzene rings is 1. The summed E-state index contributed by atoms with van der Waals surface area (Å²) < 4.78 is 5.15. The predicted octanol–water partition coefficient (Wildman–Crippen LogP) is 2.09. The predicted molar refractivity (Wildman–Crippen MR) is 63.0 cm³/mol. The molecule has 0 aliphatic carbocycles. The number of carbonyl (C=O) groups excluding carboxylic acids is 2. The van der Waals surface area contributed by atoms with Gasteiger partial charge in [0.25, 0.3) is 0 Å². The van der Waals surface area contributed by atoms with Crippen molar-refractivity contribution in [2.75, 3.05) is 0 Å². The van der Waals surface area contributed by atoms with E-state index in [2.05, 4.69) is 0 Å². The van der Waals surface area contributed by atoms with Crippen LogP contribution in [0.3, 0.4) is 0 Å². The Balaban J connectivity index is 2.73. The molecular formula is C13H16O4. The molecule has 17 heavy (non-hydrogen) atoms. The number of aromatic hydroxyl groups is 1. The lowest BCUT2D eigenvalue weighted by Crippen LogP contribution is -2.24. The number of carbonyl (C=O) groups is 2. The van der Waals surface area contributed by atoms with Gasteiger partial charge in [-0.2, -0.15) is 0 Å². The van der Waals surface area contributed by atoms with Gasteiger partial charge < -0.3 is 9.84 Å². The zero-order valence-electron chi connectivity index (χ0n) is 10.2. The first-order valence-electron chi connectivity index (χ1n) is 5.31. The highest BCUT2D eigenvalue weighted by atomic mass is 16.6. The van der Waals surface area contributed by atoms with Gasteiger partial charge in [-0.1, -0.05) is 6.07 Å². The van der Waals surface area contributed by atoms with Crippen molar-refractivity contribution in [2.45, 2.75) is 32.8 Å². The molecule has 1 N–H and O–H groups in total. The molecule has 0 fully saturated rings. The summed E-state index contributed by atoms with van der Waals surface area (Å²) in [5.41, 5.74) is 0.294. The highest BCUT2D eigenvalue weighted by Gasteiger charge is 2.16. The van der Waals surface area contributed by atoms with Gasteiger partial charge in [0, 0.05) is 0 Å². The molecule has 0 amide bonds. The summed E-state index contributed by atoms with van der Waals surface area (Å²) in [5.74, 6) is -0.489. The molecule has 0 radical (unpaired) electrons. The molecule has 1 aromatic carbocycles. The van der Waals surface area contributed by atoms with Crippen LogP contribution in [0.25, 0.3) is 0 Å². The third kappa shape index (κ3) is 4.26. The Hall–Kier alpha value is -1.84. The molecule has 0 aliphatic rings. The van der Waals surface area contributed by atoms with Gasteiger partial charge in [-0.25, -0.2) is 0 Å². The number of hydrogen-bond donors (Lipinski definition) is 1. The van der Waals surface area contributed by atoms with Gasteiger partial charge in [0.15, 0.2) is 6.29 Å². The minimum Gasteiger partial charge on any atom is -0.507 e. The van der Waals surface area contributed by atoms with Crippen LogP contribution in [-0.2, 0) is 16.0 Å². The van der Waals surface area contributed by atoms with Gasteiger partial charge in [-0.3, -0.25) is 9.59 Å². The smallest absolute Gasteiger partial charge is 0.310 e. The third-order valence-corrected chi connectivity index (χ3v) is 1.99. The number of hydrogen-bond acceptors (Lipinski definition) is 4. The Labute approximate surface area is 100 Å². The zero-order chi connectivity index (χ0) is 13.1. The Morgan fingerprint density at radius 2 is 2.06 bits per heavy atom. The minimum atomic E-state index is -0.526. The lowest BCUT2D eigenvalue weighted by Gasteiger charge is -2.19. The summed E-state index contributed by atoms with van der Waals surface area (Å²) in [6.45, 7) is 5.37. The summed E-state index contributed by atoms with van der Waals surface area (Å²) in [5, 5.41) is 9.45. The van der Waals surface area contributed by atoms with Gasteiger partial charge >= 0.3 is 5.97 Å². The zero-order valence-corrected chi connectivity index (χ0v) is 10.2. The number of aldehydes is 1. The molecular weight excluding hydrogens is 220 g/mol. The topological polar surface area (TPSA) is 63.6 Å². The number of phenolic OH excluding ortho intramolecular Hbond substituents is 1. The summed E-state index contributed by atoms with van der Waals surface area (Å²) in [6, 6.07) is 4.49. The molecule has 92 valence electrons. The highest BCUT2D eigenvalue weighted by molar-refractivity contribution is 5.80.